The molecular weight excluding hydrogens is 322 g/mol. The number of likely N-dealkylation sites (tertiary alicyclic amines) is 1. The molecule has 25 heavy (non-hydrogen) atoms. The molecule has 7 heteroatoms. The molecule has 7 nitrogen and oxygen atoms in total. The lowest BCUT2D eigenvalue weighted by Crippen LogP contribution is -2.52. The largest absolute Gasteiger partial charge is 0.486 e. The van der Waals surface area contributed by atoms with Gasteiger partial charge in [0, 0.05) is 44.7 Å². The van der Waals surface area contributed by atoms with E-state index in [1.54, 1.807) is 10.9 Å². The van der Waals surface area contributed by atoms with Gasteiger partial charge in [-0.3, -0.25) is 9.48 Å². The van der Waals surface area contributed by atoms with Crippen LogP contribution in [0.1, 0.15) is 29.6 Å². The lowest BCUT2D eigenvalue weighted by atomic mass is 9.82. The normalized spacial score (nSPS) is 18.8. The zero-order valence-electron chi connectivity index (χ0n) is 13.9. The molecule has 0 aliphatic carbocycles. The first-order chi connectivity index (χ1) is 12.0. The Kier molecular flexibility index (Phi) is 3.52. The number of benzene rings is 1. The molecule has 0 unspecified atom stereocenters. The fourth-order valence-corrected chi connectivity index (χ4v) is 3.63. The predicted molar refractivity (Wildman–Crippen MR) is 89.8 cm³/mol. The number of ketones is 1. The van der Waals surface area contributed by atoms with Gasteiger partial charge in [0.05, 0.1) is 18.2 Å². The van der Waals surface area contributed by atoms with Crippen LogP contribution in [0.2, 0.25) is 0 Å². The third kappa shape index (κ3) is 2.75. The summed E-state index contributed by atoms with van der Waals surface area (Å²) in [5.41, 5.74) is 1.90. The third-order valence-corrected chi connectivity index (χ3v) is 5.07. The Morgan fingerprint density at radius 1 is 1.28 bits per heavy atom. The molecule has 2 aromatic rings. The maximum atomic E-state index is 12.7. The fourth-order valence-electron chi connectivity index (χ4n) is 3.63. The average Bonchev–Trinajstić information content (AvgIpc) is 3.01. The van der Waals surface area contributed by atoms with Crippen molar-refractivity contribution in [3.05, 3.63) is 36.2 Å². The Hall–Kier alpha value is -2.83. The molecule has 0 radical (unpaired) electrons. The summed E-state index contributed by atoms with van der Waals surface area (Å²) in [6.07, 6.45) is 4.12. The molecular formula is C18H19N3O4. The van der Waals surface area contributed by atoms with Crippen molar-refractivity contribution in [2.45, 2.75) is 24.9 Å². The zero-order chi connectivity index (χ0) is 17.6. The second-order valence-electron chi connectivity index (χ2n) is 6.77. The van der Waals surface area contributed by atoms with Crippen molar-refractivity contribution in [3.63, 3.8) is 0 Å². The van der Waals surface area contributed by atoms with Crippen LogP contribution >= 0.6 is 0 Å². The zero-order valence-corrected chi connectivity index (χ0v) is 13.9. The van der Waals surface area contributed by atoms with Crippen molar-refractivity contribution in [2.75, 3.05) is 13.1 Å². The predicted octanol–water partition coefficient (Wildman–Crippen LogP) is 2.56. The maximum Gasteiger partial charge on any atom is 0.407 e. The van der Waals surface area contributed by atoms with Gasteiger partial charge in [-0.25, -0.2) is 4.79 Å². The van der Waals surface area contributed by atoms with Crippen molar-refractivity contribution in [1.29, 1.82) is 0 Å². The summed E-state index contributed by atoms with van der Waals surface area (Å²) in [5, 5.41) is 13.2. The quantitative estimate of drug-likeness (QED) is 0.862. The van der Waals surface area contributed by atoms with Crippen LogP contribution in [0.4, 0.5) is 4.79 Å². The Balaban J connectivity index is 1.60. The number of carboxylic acid groups (broad SMARTS) is 1. The van der Waals surface area contributed by atoms with Gasteiger partial charge < -0.3 is 14.7 Å². The first-order valence-electron chi connectivity index (χ1n) is 8.29. The van der Waals surface area contributed by atoms with Gasteiger partial charge in [-0.05, 0) is 17.7 Å². The van der Waals surface area contributed by atoms with Crippen molar-refractivity contribution in [3.8, 4) is 16.9 Å². The first kappa shape index (κ1) is 15.7. The summed E-state index contributed by atoms with van der Waals surface area (Å²) in [7, 11) is 1.85. The van der Waals surface area contributed by atoms with Gasteiger partial charge in [0.1, 0.15) is 11.4 Å². The van der Waals surface area contributed by atoms with E-state index in [9.17, 15) is 9.59 Å². The number of Topliss-reactive ketones (excluding diaryl/α,β-unsaturated/α-hetero) is 1. The summed E-state index contributed by atoms with van der Waals surface area (Å²) in [5.74, 6) is 0.642. The van der Waals surface area contributed by atoms with Gasteiger partial charge in [0.15, 0.2) is 5.78 Å². The van der Waals surface area contributed by atoms with Crippen LogP contribution < -0.4 is 4.74 Å². The van der Waals surface area contributed by atoms with E-state index in [1.807, 2.05) is 31.4 Å². The lowest BCUT2D eigenvalue weighted by Gasteiger charge is -2.43. The third-order valence-electron chi connectivity index (χ3n) is 5.07. The fraction of sp³-hybridized carbons (Fsp3) is 0.389. The molecule has 2 aliphatic rings. The van der Waals surface area contributed by atoms with E-state index >= 15 is 0 Å². The number of ether oxygens (including phenoxy) is 1. The van der Waals surface area contributed by atoms with E-state index in [0.717, 1.165) is 11.1 Å². The minimum atomic E-state index is -0.918. The molecule has 1 spiro atoms. The molecule has 0 atom stereocenters. The van der Waals surface area contributed by atoms with E-state index in [2.05, 4.69) is 5.10 Å². The number of hydrogen-bond acceptors (Lipinski definition) is 4. The minimum absolute atomic E-state index is 0.0516. The smallest absolute Gasteiger partial charge is 0.407 e. The van der Waals surface area contributed by atoms with Crippen LogP contribution in [0.25, 0.3) is 11.1 Å². The Morgan fingerprint density at radius 2 is 2.04 bits per heavy atom. The molecule has 1 aromatic carbocycles. The highest BCUT2D eigenvalue weighted by atomic mass is 16.5. The molecule has 1 N–H and O–H groups in total. The number of nitrogens with zero attached hydrogens (tertiary/aromatic N) is 3. The molecule has 1 aromatic heterocycles. The maximum absolute atomic E-state index is 12.7. The number of piperidine rings is 1. The van der Waals surface area contributed by atoms with E-state index in [1.165, 1.54) is 4.90 Å². The Morgan fingerprint density at radius 3 is 2.68 bits per heavy atom. The van der Waals surface area contributed by atoms with Crippen LogP contribution in [0, 0.1) is 0 Å². The van der Waals surface area contributed by atoms with Gasteiger partial charge in [-0.15, -0.1) is 0 Å². The number of aryl methyl sites for hydroxylation is 1. The highest BCUT2D eigenvalue weighted by Crippen LogP contribution is 2.40. The monoisotopic (exact) mass is 341 g/mol. The van der Waals surface area contributed by atoms with E-state index < -0.39 is 11.7 Å². The average molecular weight is 341 g/mol. The van der Waals surface area contributed by atoms with Gasteiger partial charge in [0.2, 0.25) is 0 Å². The molecule has 130 valence electrons. The first-order valence-corrected chi connectivity index (χ1v) is 8.29. The molecule has 4 rings (SSSR count). The number of aromatic nitrogens is 2. The van der Waals surface area contributed by atoms with E-state index in [-0.39, 0.29) is 5.78 Å². The molecule has 0 saturated carbocycles. The number of rotatable bonds is 1. The highest BCUT2D eigenvalue weighted by Gasteiger charge is 2.43. The van der Waals surface area contributed by atoms with Gasteiger partial charge in [0.25, 0.3) is 0 Å². The van der Waals surface area contributed by atoms with Crippen molar-refractivity contribution in [1.82, 2.24) is 14.7 Å². The molecule has 3 heterocycles. The summed E-state index contributed by atoms with van der Waals surface area (Å²) >= 11 is 0. The van der Waals surface area contributed by atoms with Crippen LogP contribution in [0.5, 0.6) is 5.75 Å². The van der Waals surface area contributed by atoms with Crippen LogP contribution in [0.3, 0.4) is 0 Å². The number of carbonyl (C=O) groups is 2. The second-order valence-corrected chi connectivity index (χ2v) is 6.77. The van der Waals surface area contributed by atoms with Gasteiger partial charge >= 0.3 is 6.09 Å². The number of hydrogen-bond donors (Lipinski definition) is 1. The van der Waals surface area contributed by atoms with Crippen LogP contribution in [0.15, 0.2) is 30.6 Å². The summed E-state index contributed by atoms with van der Waals surface area (Å²) < 4.78 is 7.91. The number of carbonyl (C=O) groups excluding carboxylic acids is 1. The standard InChI is InChI=1S/C18H19N3O4/c1-20-11-13(10-19-20)12-2-3-16-14(8-12)15(22)9-18(25-16)4-6-21(7-5-18)17(23)24/h2-3,8,10-11H,4-7,9H2,1H3,(H,23,24). The summed E-state index contributed by atoms with van der Waals surface area (Å²) in [6, 6.07) is 5.61. The molecule has 1 fully saturated rings. The molecule has 2 aliphatic heterocycles. The Labute approximate surface area is 144 Å². The Bertz CT molecular complexity index is 850. The molecule has 1 saturated heterocycles. The van der Waals surface area contributed by atoms with E-state index in [4.69, 9.17) is 9.84 Å². The van der Waals surface area contributed by atoms with Crippen molar-refractivity contribution < 1.29 is 19.4 Å². The van der Waals surface area contributed by atoms with Crippen molar-refractivity contribution in [2.24, 2.45) is 7.05 Å². The second kappa shape index (κ2) is 5.61. The summed E-state index contributed by atoms with van der Waals surface area (Å²) in [4.78, 5) is 25.2. The molecule has 0 bridgehead atoms. The number of amides is 1. The van der Waals surface area contributed by atoms with Gasteiger partial charge in [-0.2, -0.15) is 5.10 Å². The number of fused-ring (bicyclic) bond motifs is 1. The highest BCUT2D eigenvalue weighted by molar-refractivity contribution is 6.01. The summed E-state index contributed by atoms with van der Waals surface area (Å²) in [6.45, 7) is 0.789. The van der Waals surface area contributed by atoms with Crippen LogP contribution in [-0.2, 0) is 7.05 Å². The van der Waals surface area contributed by atoms with Crippen molar-refractivity contribution >= 4 is 11.9 Å². The molecule has 1 amide bonds. The topological polar surface area (TPSA) is 84.7 Å². The lowest BCUT2D eigenvalue weighted by molar-refractivity contribution is -0.00518. The van der Waals surface area contributed by atoms with Crippen LogP contribution in [-0.4, -0.2) is 50.4 Å². The van der Waals surface area contributed by atoms with Gasteiger partial charge in [-0.1, -0.05) is 6.07 Å². The van der Waals surface area contributed by atoms with E-state index in [0.29, 0.717) is 43.7 Å². The SMILES string of the molecule is Cn1cc(-c2ccc3c(c2)C(=O)CC2(CCN(C(=O)O)CC2)O3)cn1. The minimum Gasteiger partial charge on any atom is -0.486 e.